The number of Topliss-reactive ketones (excluding diaryl/α,β-unsaturated/α-hetero) is 1. The molecule has 0 saturated carbocycles. The van der Waals surface area contributed by atoms with E-state index in [0.717, 1.165) is 22.3 Å². The van der Waals surface area contributed by atoms with E-state index in [-0.39, 0.29) is 5.78 Å². The maximum Gasteiger partial charge on any atom is 0.158 e. The van der Waals surface area contributed by atoms with Crippen LogP contribution in [-0.4, -0.2) is 21.1 Å². The fourth-order valence-corrected chi connectivity index (χ4v) is 2.36. The summed E-state index contributed by atoms with van der Waals surface area (Å²) >= 11 is 3.46. The molecule has 1 rings (SSSR count). The normalized spacial score (nSPS) is 14.7. The van der Waals surface area contributed by atoms with E-state index in [9.17, 15) is 4.79 Å². The highest BCUT2D eigenvalue weighted by Crippen LogP contribution is 2.22. The minimum atomic E-state index is -0.744. The van der Waals surface area contributed by atoms with E-state index in [1.54, 1.807) is 11.6 Å². The molecule has 2 N–H and O–H groups in total. The summed E-state index contributed by atoms with van der Waals surface area (Å²) in [5.74, 6) is 0.0584. The molecule has 0 aliphatic carbocycles. The summed E-state index contributed by atoms with van der Waals surface area (Å²) in [6.45, 7) is 5.74. The van der Waals surface area contributed by atoms with Crippen molar-refractivity contribution < 1.29 is 4.79 Å². The van der Waals surface area contributed by atoms with Gasteiger partial charge in [0, 0.05) is 7.05 Å². The number of ketones is 1. The van der Waals surface area contributed by atoms with Crippen LogP contribution in [0.5, 0.6) is 0 Å². The fraction of sp³-hybridized carbons (Fsp3) is 0.667. The third-order valence-corrected chi connectivity index (χ3v) is 4.03. The van der Waals surface area contributed by atoms with Crippen molar-refractivity contribution in [2.24, 2.45) is 12.8 Å². The molecule has 0 fully saturated rings. The first kappa shape index (κ1) is 14.4. The number of aryl methyl sites for hydroxylation is 2. The van der Waals surface area contributed by atoms with Gasteiger partial charge in [0.25, 0.3) is 0 Å². The summed E-state index contributed by atoms with van der Waals surface area (Å²) in [5.41, 5.74) is 7.07. The highest BCUT2D eigenvalue weighted by atomic mass is 79.9. The van der Waals surface area contributed by atoms with Crippen LogP contribution in [0, 0.1) is 6.92 Å². The van der Waals surface area contributed by atoms with Crippen LogP contribution in [0.15, 0.2) is 4.47 Å². The van der Waals surface area contributed by atoms with Crippen LogP contribution in [0.3, 0.4) is 0 Å². The number of aromatic nitrogens is 2. The maximum atomic E-state index is 12.2. The first-order valence-corrected chi connectivity index (χ1v) is 6.59. The van der Waals surface area contributed by atoms with E-state index in [0.29, 0.717) is 12.8 Å². The highest BCUT2D eigenvalue weighted by Gasteiger charge is 2.28. The second-order valence-electron chi connectivity index (χ2n) is 4.74. The molecular weight excluding hydrogens is 282 g/mol. The highest BCUT2D eigenvalue weighted by molar-refractivity contribution is 9.10. The van der Waals surface area contributed by atoms with E-state index in [4.69, 9.17) is 5.73 Å². The zero-order valence-corrected chi connectivity index (χ0v) is 12.5. The van der Waals surface area contributed by atoms with E-state index in [1.807, 2.05) is 20.9 Å². The second kappa shape index (κ2) is 5.31. The SMILES string of the molecule is CCCC(C)(N)C(=O)Cc1c(Br)c(C)nn1C. The van der Waals surface area contributed by atoms with Crippen molar-refractivity contribution in [1.29, 1.82) is 0 Å². The van der Waals surface area contributed by atoms with Crippen LogP contribution < -0.4 is 5.73 Å². The van der Waals surface area contributed by atoms with Gasteiger partial charge in [0.2, 0.25) is 0 Å². The number of hydrogen-bond donors (Lipinski definition) is 1. The van der Waals surface area contributed by atoms with E-state index in [1.165, 1.54) is 0 Å². The van der Waals surface area contributed by atoms with E-state index < -0.39 is 5.54 Å². The van der Waals surface area contributed by atoms with Crippen molar-refractivity contribution >= 4 is 21.7 Å². The third kappa shape index (κ3) is 3.16. The molecule has 17 heavy (non-hydrogen) atoms. The number of nitrogens with two attached hydrogens (primary N) is 1. The lowest BCUT2D eigenvalue weighted by Crippen LogP contribution is -2.45. The van der Waals surface area contributed by atoms with E-state index in [2.05, 4.69) is 21.0 Å². The van der Waals surface area contributed by atoms with E-state index >= 15 is 0 Å². The van der Waals surface area contributed by atoms with Crippen molar-refractivity contribution in [2.75, 3.05) is 0 Å². The average molecular weight is 302 g/mol. The molecule has 4 nitrogen and oxygen atoms in total. The molecule has 96 valence electrons. The van der Waals surface area contributed by atoms with Crippen LogP contribution in [-0.2, 0) is 18.3 Å². The van der Waals surface area contributed by atoms with Gasteiger partial charge in [-0.2, -0.15) is 5.10 Å². The number of halogens is 1. The summed E-state index contributed by atoms with van der Waals surface area (Å²) in [5, 5.41) is 4.27. The third-order valence-electron chi connectivity index (χ3n) is 3.00. The Morgan fingerprint density at radius 2 is 2.18 bits per heavy atom. The Labute approximate surface area is 111 Å². The average Bonchev–Trinajstić information content (AvgIpc) is 2.45. The van der Waals surface area contributed by atoms with Gasteiger partial charge in [0.05, 0.1) is 27.8 Å². The molecular formula is C12H20BrN3O. The van der Waals surface area contributed by atoms with Crippen LogP contribution in [0.1, 0.15) is 38.1 Å². The van der Waals surface area contributed by atoms with Crippen LogP contribution in [0.2, 0.25) is 0 Å². The smallest absolute Gasteiger partial charge is 0.158 e. The number of rotatable bonds is 5. The van der Waals surface area contributed by atoms with Gasteiger partial charge in [-0.05, 0) is 36.2 Å². The Bertz CT molecular complexity index is 424. The zero-order chi connectivity index (χ0) is 13.2. The molecule has 1 aromatic heterocycles. The first-order chi connectivity index (χ1) is 7.79. The topological polar surface area (TPSA) is 60.9 Å². The molecule has 0 amide bonds. The maximum absolute atomic E-state index is 12.2. The van der Waals surface area contributed by atoms with Gasteiger partial charge in [-0.3, -0.25) is 9.48 Å². The Kier molecular flexibility index (Phi) is 4.49. The van der Waals surface area contributed by atoms with Gasteiger partial charge in [-0.1, -0.05) is 13.3 Å². The molecule has 1 unspecified atom stereocenters. The summed E-state index contributed by atoms with van der Waals surface area (Å²) in [6.07, 6.45) is 1.94. The molecule has 0 saturated heterocycles. The number of carbonyl (C=O) groups excluding carboxylic acids is 1. The van der Waals surface area contributed by atoms with Gasteiger partial charge in [0.1, 0.15) is 0 Å². The molecule has 0 bridgehead atoms. The minimum Gasteiger partial charge on any atom is -0.319 e. The predicted octanol–water partition coefficient (Wildman–Crippen LogP) is 2.12. The van der Waals surface area contributed by atoms with Crippen molar-refractivity contribution in [3.05, 3.63) is 15.9 Å². The number of hydrogen-bond acceptors (Lipinski definition) is 3. The van der Waals surface area contributed by atoms with Crippen LogP contribution in [0.25, 0.3) is 0 Å². The van der Waals surface area contributed by atoms with Gasteiger partial charge >= 0.3 is 0 Å². The fourth-order valence-electron chi connectivity index (χ4n) is 1.88. The summed E-state index contributed by atoms with van der Waals surface area (Å²) < 4.78 is 2.64. The summed E-state index contributed by atoms with van der Waals surface area (Å²) in [7, 11) is 1.84. The minimum absolute atomic E-state index is 0.0584. The first-order valence-electron chi connectivity index (χ1n) is 5.79. The lowest BCUT2D eigenvalue weighted by atomic mass is 9.90. The molecule has 1 aromatic rings. The van der Waals surface area contributed by atoms with Gasteiger partial charge in [-0.25, -0.2) is 0 Å². The van der Waals surface area contributed by atoms with Crippen molar-refractivity contribution in [3.63, 3.8) is 0 Å². The van der Waals surface area contributed by atoms with Crippen molar-refractivity contribution in [2.45, 2.75) is 45.6 Å². The molecule has 0 aliphatic heterocycles. The van der Waals surface area contributed by atoms with Crippen molar-refractivity contribution in [1.82, 2.24) is 9.78 Å². The lowest BCUT2D eigenvalue weighted by molar-refractivity contribution is -0.123. The molecule has 0 spiro atoms. The largest absolute Gasteiger partial charge is 0.319 e. The quantitative estimate of drug-likeness (QED) is 0.906. The van der Waals surface area contributed by atoms with Crippen LogP contribution >= 0.6 is 15.9 Å². The zero-order valence-electron chi connectivity index (χ0n) is 10.9. The molecule has 0 aromatic carbocycles. The molecule has 0 aliphatic rings. The van der Waals surface area contributed by atoms with Gasteiger partial charge in [0.15, 0.2) is 5.78 Å². The summed E-state index contributed by atoms with van der Waals surface area (Å²) in [4.78, 5) is 12.2. The monoisotopic (exact) mass is 301 g/mol. The number of carbonyl (C=O) groups is 1. The second-order valence-corrected chi connectivity index (χ2v) is 5.53. The van der Waals surface area contributed by atoms with Crippen molar-refractivity contribution in [3.8, 4) is 0 Å². The lowest BCUT2D eigenvalue weighted by Gasteiger charge is -2.22. The Morgan fingerprint density at radius 3 is 2.59 bits per heavy atom. The molecule has 1 heterocycles. The molecule has 1 atom stereocenters. The van der Waals surface area contributed by atoms with Gasteiger partial charge < -0.3 is 5.73 Å². The predicted molar refractivity (Wildman–Crippen MR) is 71.9 cm³/mol. The van der Waals surface area contributed by atoms with Crippen LogP contribution in [0.4, 0.5) is 0 Å². The Balaban J connectivity index is 2.88. The number of nitrogens with zero attached hydrogens (tertiary/aromatic N) is 2. The Hall–Kier alpha value is -0.680. The molecule has 0 radical (unpaired) electrons. The summed E-state index contributed by atoms with van der Waals surface area (Å²) in [6, 6.07) is 0. The molecule has 5 heteroatoms. The standard InChI is InChI=1S/C12H20BrN3O/c1-5-6-12(3,14)10(17)7-9-11(13)8(2)15-16(9)4/h5-7,14H2,1-4H3. The Morgan fingerprint density at radius 1 is 1.59 bits per heavy atom. The van der Waals surface area contributed by atoms with Gasteiger partial charge in [-0.15, -0.1) is 0 Å².